The summed E-state index contributed by atoms with van der Waals surface area (Å²) in [5.74, 6) is -2.79. The second-order valence-electron chi connectivity index (χ2n) is 7.93. The van der Waals surface area contributed by atoms with Crippen LogP contribution in [0.4, 0.5) is 15.2 Å². The Labute approximate surface area is 183 Å². The molecule has 2 atom stereocenters. The van der Waals surface area contributed by atoms with E-state index < -0.39 is 29.7 Å². The fourth-order valence-corrected chi connectivity index (χ4v) is 4.97. The number of amides is 2. The first kappa shape index (κ1) is 21.4. The van der Waals surface area contributed by atoms with Crippen LogP contribution in [0.25, 0.3) is 0 Å². The number of hydrogen-bond donors (Lipinski definition) is 1. The van der Waals surface area contributed by atoms with Gasteiger partial charge < -0.3 is 10.1 Å². The number of carbonyl (C=O) groups excluding carboxylic acids is 3. The van der Waals surface area contributed by atoms with Crippen LogP contribution in [-0.4, -0.2) is 34.9 Å². The van der Waals surface area contributed by atoms with E-state index in [9.17, 15) is 18.8 Å². The molecule has 1 aliphatic carbocycles. The van der Waals surface area contributed by atoms with E-state index in [1.165, 1.54) is 36.5 Å². The zero-order valence-electron chi connectivity index (χ0n) is 17.2. The van der Waals surface area contributed by atoms with Gasteiger partial charge in [-0.25, -0.2) is 9.37 Å². The Morgan fingerprint density at radius 3 is 2.77 bits per heavy atom. The van der Waals surface area contributed by atoms with Gasteiger partial charge in [0.2, 0.25) is 5.91 Å². The summed E-state index contributed by atoms with van der Waals surface area (Å²) in [6, 6.07) is 3.90. The highest BCUT2D eigenvalue weighted by Crippen LogP contribution is 2.34. The van der Waals surface area contributed by atoms with Crippen LogP contribution in [0.5, 0.6) is 0 Å². The number of halogens is 1. The topological polar surface area (TPSA) is 88.6 Å². The molecule has 9 heteroatoms. The minimum absolute atomic E-state index is 0.0257. The first-order chi connectivity index (χ1) is 14.9. The van der Waals surface area contributed by atoms with E-state index in [4.69, 9.17) is 4.74 Å². The van der Waals surface area contributed by atoms with Crippen LogP contribution in [-0.2, 0) is 19.1 Å². The molecular weight excluding hydrogens is 421 g/mol. The number of aromatic nitrogens is 1. The molecule has 2 aliphatic rings. The monoisotopic (exact) mass is 445 g/mol. The first-order valence-electron chi connectivity index (χ1n) is 10.5. The smallest absolute Gasteiger partial charge is 0.314 e. The van der Waals surface area contributed by atoms with Crippen LogP contribution < -0.4 is 10.2 Å². The molecule has 1 N–H and O–H groups in total. The van der Waals surface area contributed by atoms with Gasteiger partial charge in [0.1, 0.15) is 5.82 Å². The number of carbonyl (C=O) groups is 3. The van der Waals surface area contributed by atoms with Crippen molar-refractivity contribution in [2.45, 2.75) is 63.5 Å². The number of thiazole rings is 1. The molecule has 0 bridgehead atoms. The van der Waals surface area contributed by atoms with Crippen LogP contribution in [0.15, 0.2) is 29.8 Å². The Bertz CT molecular complexity index is 975. The molecule has 31 heavy (non-hydrogen) atoms. The van der Waals surface area contributed by atoms with Gasteiger partial charge in [0.25, 0.3) is 5.91 Å². The zero-order chi connectivity index (χ0) is 22.0. The van der Waals surface area contributed by atoms with Crippen LogP contribution in [0.2, 0.25) is 0 Å². The average molecular weight is 446 g/mol. The molecule has 0 saturated heterocycles. The Morgan fingerprint density at radius 2 is 2.06 bits per heavy atom. The lowest BCUT2D eigenvalue weighted by molar-refractivity contribution is -0.156. The molecule has 2 heterocycles. The van der Waals surface area contributed by atoms with E-state index in [0.717, 1.165) is 32.1 Å². The molecule has 0 spiro atoms. The summed E-state index contributed by atoms with van der Waals surface area (Å²) in [6.45, 7) is 1.54. The first-order valence-corrected chi connectivity index (χ1v) is 11.3. The quantitative estimate of drug-likeness (QED) is 0.703. The van der Waals surface area contributed by atoms with Crippen molar-refractivity contribution in [2.75, 3.05) is 10.2 Å². The van der Waals surface area contributed by atoms with Crippen molar-refractivity contribution in [3.8, 4) is 0 Å². The van der Waals surface area contributed by atoms with Crippen LogP contribution in [0.3, 0.4) is 0 Å². The van der Waals surface area contributed by atoms with Crippen LogP contribution in [0.1, 0.15) is 56.9 Å². The number of hydrogen-bond acceptors (Lipinski definition) is 6. The van der Waals surface area contributed by atoms with Crippen molar-refractivity contribution in [1.82, 2.24) is 4.98 Å². The maximum Gasteiger partial charge on any atom is 0.314 e. The molecule has 7 nitrogen and oxygen atoms in total. The molecule has 1 fully saturated rings. The SMILES string of the molecule is C[C@@H](OC(=O)[C@H]1CC(=O)Nc2cc(F)ccc21)C(=O)N(c1nccs1)C1CCCCC1. The zero-order valence-corrected chi connectivity index (χ0v) is 18.0. The van der Waals surface area contributed by atoms with Crippen molar-refractivity contribution in [3.05, 3.63) is 41.2 Å². The second kappa shape index (κ2) is 9.13. The maximum absolute atomic E-state index is 13.5. The van der Waals surface area contributed by atoms with Crippen LogP contribution in [0, 0.1) is 5.82 Å². The molecule has 0 radical (unpaired) electrons. The van der Waals surface area contributed by atoms with Crippen molar-refractivity contribution in [1.29, 1.82) is 0 Å². The van der Waals surface area contributed by atoms with E-state index in [2.05, 4.69) is 10.3 Å². The fraction of sp³-hybridized carbons (Fsp3) is 0.455. The lowest BCUT2D eigenvalue weighted by Crippen LogP contribution is -2.47. The predicted octanol–water partition coefficient (Wildman–Crippen LogP) is 4.01. The second-order valence-corrected chi connectivity index (χ2v) is 8.80. The molecule has 2 amide bonds. The van der Waals surface area contributed by atoms with Gasteiger partial charge in [0, 0.05) is 29.7 Å². The van der Waals surface area contributed by atoms with Gasteiger partial charge in [-0.1, -0.05) is 25.3 Å². The summed E-state index contributed by atoms with van der Waals surface area (Å²) < 4.78 is 19.1. The minimum Gasteiger partial charge on any atom is -0.452 e. The normalized spacial score (nSPS) is 19.8. The summed E-state index contributed by atoms with van der Waals surface area (Å²) in [6.07, 6.45) is 5.49. The summed E-state index contributed by atoms with van der Waals surface area (Å²) >= 11 is 1.37. The highest BCUT2D eigenvalue weighted by atomic mass is 32.1. The Hall–Kier alpha value is -2.81. The number of nitrogens with one attached hydrogen (secondary N) is 1. The third kappa shape index (κ3) is 4.61. The van der Waals surface area contributed by atoms with Crippen LogP contribution >= 0.6 is 11.3 Å². The van der Waals surface area contributed by atoms with Gasteiger partial charge >= 0.3 is 5.97 Å². The van der Waals surface area contributed by atoms with E-state index in [1.54, 1.807) is 11.1 Å². The molecule has 1 saturated carbocycles. The number of nitrogens with zero attached hydrogens (tertiary/aromatic N) is 2. The highest BCUT2D eigenvalue weighted by molar-refractivity contribution is 7.13. The summed E-state index contributed by atoms with van der Waals surface area (Å²) in [4.78, 5) is 44.2. The molecule has 164 valence electrons. The largest absolute Gasteiger partial charge is 0.452 e. The third-order valence-electron chi connectivity index (χ3n) is 5.78. The third-order valence-corrected chi connectivity index (χ3v) is 6.55. The van der Waals surface area contributed by atoms with Crippen molar-refractivity contribution in [3.63, 3.8) is 0 Å². The number of rotatable bonds is 5. The van der Waals surface area contributed by atoms with Gasteiger partial charge in [-0.3, -0.25) is 19.3 Å². The van der Waals surface area contributed by atoms with Gasteiger partial charge in [0.05, 0.1) is 5.92 Å². The molecule has 2 aromatic rings. The number of anilines is 2. The predicted molar refractivity (Wildman–Crippen MR) is 114 cm³/mol. The molecule has 1 aromatic heterocycles. The molecule has 1 aromatic carbocycles. The number of esters is 1. The lowest BCUT2D eigenvalue weighted by atomic mass is 9.90. The van der Waals surface area contributed by atoms with Crippen molar-refractivity contribution < 1.29 is 23.5 Å². The van der Waals surface area contributed by atoms with E-state index in [0.29, 0.717) is 10.7 Å². The van der Waals surface area contributed by atoms with Gasteiger partial charge in [-0.05, 0) is 37.5 Å². The summed E-state index contributed by atoms with van der Waals surface area (Å²) in [7, 11) is 0. The van der Waals surface area contributed by atoms with Gasteiger partial charge in [-0.2, -0.15) is 0 Å². The summed E-state index contributed by atoms with van der Waals surface area (Å²) in [5, 5.41) is 4.98. The Kier molecular flexibility index (Phi) is 6.31. The number of benzene rings is 1. The minimum atomic E-state index is -1.03. The average Bonchev–Trinajstić information content (AvgIpc) is 3.28. The Morgan fingerprint density at radius 1 is 1.29 bits per heavy atom. The van der Waals surface area contributed by atoms with E-state index >= 15 is 0 Å². The molecular formula is C22H24FN3O4S. The van der Waals surface area contributed by atoms with Gasteiger partial charge in [0.15, 0.2) is 11.2 Å². The maximum atomic E-state index is 13.5. The van der Waals surface area contributed by atoms with E-state index in [1.807, 2.05) is 5.38 Å². The molecule has 0 unspecified atom stereocenters. The standard InChI is InChI=1S/C22H24FN3O4S/c1-13(20(28)26(22-24-9-10-31-22)15-5-3-2-4-6-15)30-21(29)17-12-19(27)25-18-11-14(23)7-8-16(17)18/h7-11,13,15,17H,2-6,12H2,1H3,(H,25,27)/t13-,17+/m1/s1. The lowest BCUT2D eigenvalue weighted by Gasteiger charge is -2.34. The fourth-order valence-electron chi connectivity index (χ4n) is 4.25. The highest BCUT2D eigenvalue weighted by Gasteiger charge is 2.37. The summed E-state index contributed by atoms with van der Waals surface area (Å²) in [5.41, 5.74) is 0.735. The van der Waals surface area contributed by atoms with E-state index in [-0.39, 0.29) is 24.1 Å². The Balaban J connectivity index is 1.51. The molecule has 1 aliphatic heterocycles. The van der Waals surface area contributed by atoms with Gasteiger partial charge in [-0.15, -0.1) is 11.3 Å². The number of fused-ring (bicyclic) bond motifs is 1. The van der Waals surface area contributed by atoms with Crippen molar-refractivity contribution in [2.24, 2.45) is 0 Å². The number of ether oxygens (including phenoxy) is 1. The van der Waals surface area contributed by atoms with Crippen molar-refractivity contribution >= 4 is 39.9 Å². The molecule has 4 rings (SSSR count).